The first-order chi connectivity index (χ1) is 9.60. The molecule has 0 aliphatic rings. The van der Waals surface area contributed by atoms with Gasteiger partial charge in [0.25, 0.3) is 0 Å². The molecule has 0 bridgehead atoms. The van der Waals surface area contributed by atoms with Crippen molar-refractivity contribution in [1.82, 2.24) is 5.32 Å². The first kappa shape index (κ1) is 15.8. The van der Waals surface area contributed by atoms with Crippen LogP contribution in [0.25, 0.3) is 0 Å². The van der Waals surface area contributed by atoms with Crippen LogP contribution < -0.4 is 19.5 Å². The average Bonchev–Trinajstić information content (AvgIpc) is 2.46. The van der Waals surface area contributed by atoms with Crippen molar-refractivity contribution >= 4 is 5.97 Å². The molecule has 20 heavy (non-hydrogen) atoms. The predicted octanol–water partition coefficient (Wildman–Crippen LogP) is 1.61. The summed E-state index contributed by atoms with van der Waals surface area (Å²) in [6.07, 6.45) is 1.59. The highest BCUT2D eigenvalue weighted by Crippen LogP contribution is 2.42. The molecule has 6 heteroatoms. The molecule has 0 heterocycles. The highest BCUT2D eigenvalue weighted by molar-refractivity contribution is 5.78. The summed E-state index contributed by atoms with van der Waals surface area (Å²) < 4.78 is 15.7. The Morgan fingerprint density at radius 1 is 1.30 bits per heavy atom. The van der Waals surface area contributed by atoms with Crippen LogP contribution in [0.4, 0.5) is 0 Å². The summed E-state index contributed by atoms with van der Waals surface area (Å²) in [4.78, 5) is 11.4. The number of carboxylic acid groups (broad SMARTS) is 1. The van der Waals surface area contributed by atoms with Crippen LogP contribution in [0, 0.1) is 0 Å². The van der Waals surface area contributed by atoms with Gasteiger partial charge in [-0.3, -0.25) is 10.1 Å². The second kappa shape index (κ2) is 7.40. The highest BCUT2D eigenvalue weighted by atomic mass is 16.5. The van der Waals surface area contributed by atoms with Crippen LogP contribution in [-0.4, -0.2) is 38.9 Å². The fraction of sp³-hybridized carbons (Fsp3) is 0.357. The largest absolute Gasteiger partial charge is 0.493 e. The van der Waals surface area contributed by atoms with E-state index in [0.29, 0.717) is 29.4 Å². The Bertz CT molecular complexity index is 487. The number of ether oxygens (including phenoxy) is 3. The number of carboxylic acids is 1. The Balaban J connectivity index is 3.33. The number of aliphatic carboxylic acids is 1. The lowest BCUT2D eigenvalue weighted by Crippen LogP contribution is -2.29. The lowest BCUT2D eigenvalue weighted by molar-refractivity contribution is -0.139. The fourth-order valence-corrected chi connectivity index (χ4v) is 1.88. The minimum Gasteiger partial charge on any atom is -0.493 e. The van der Waals surface area contributed by atoms with E-state index < -0.39 is 12.0 Å². The van der Waals surface area contributed by atoms with Gasteiger partial charge in [-0.15, -0.1) is 6.58 Å². The molecule has 1 aromatic carbocycles. The molecular weight excluding hydrogens is 262 g/mol. The topological polar surface area (TPSA) is 77.0 Å². The number of nitrogens with one attached hydrogen (secondary N) is 1. The molecule has 110 valence electrons. The molecule has 0 spiro atoms. The number of carbonyl (C=O) groups is 1. The first-order valence-electron chi connectivity index (χ1n) is 5.96. The zero-order chi connectivity index (χ0) is 15.1. The van der Waals surface area contributed by atoms with Gasteiger partial charge in [-0.1, -0.05) is 6.08 Å². The molecule has 6 nitrogen and oxygen atoms in total. The third-order valence-electron chi connectivity index (χ3n) is 2.76. The Hall–Kier alpha value is -2.21. The molecule has 1 aromatic rings. The van der Waals surface area contributed by atoms with E-state index >= 15 is 0 Å². The van der Waals surface area contributed by atoms with Gasteiger partial charge in [0, 0.05) is 12.1 Å². The van der Waals surface area contributed by atoms with Crippen LogP contribution in [0.5, 0.6) is 17.2 Å². The minimum absolute atomic E-state index is 0.329. The van der Waals surface area contributed by atoms with Gasteiger partial charge in [0.1, 0.15) is 6.04 Å². The van der Waals surface area contributed by atoms with E-state index in [1.54, 1.807) is 18.2 Å². The first-order valence-corrected chi connectivity index (χ1v) is 5.96. The van der Waals surface area contributed by atoms with Gasteiger partial charge in [0.15, 0.2) is 11.5 Å². The van der Waals surface area contributed by atoms with Crippen molar-refractivity contribution in [2.75, 3.05) is 27.9 Å². The predicted molar refractivity (Wildman–Crippen MR) is 74.7 cm³/mol. The quantitative estimate of drug-likeness (QED) is 0.705. The van der Waals surface area contributed by atoms with Gasteiger partial charge in [0.05, 0.1) is 21.3 Å². The summed E-state index contributed by atoms with van der Waals surface area (Å²) in [5.74, 6) is 0.147. The summed E-state index contributed by atoms with van der Waals surface area (Å²) in [5, 5.41) is 12.2. The van der Waals surface area contributed by atoms with Crippen molar-refractivity contribution in [1.29, 1.82) is 0 Å². The number of hydrogen-bond acceptors (Lipinski definition) is 5. The maximum atomic E-state index is 11.4. The number of methoxy groups -OCH3 is 3. The average molecular weight is 281 g/mol. The van der Waals surface area contributed by atoms with Gasteiger partial charge in [-0.05, 0) is 12.1 Å². The van der Waals surface area contributed by atoms with Crippen LogP contribution in [0.2, 0.25) is 0 Å². The molecule has 0 saturated carbocycles. The highest BCUT2D eigenvalue weighted by Gasteiger charge is 2.26. The van der Waals surface area contributed by atoms with Gasteiger partial charge in [0.2, 0.25) is 5.75 Å². The van der Waals surface area contributed by atoms with Gasteiger partial charge < -0.3 is 19.3 Å². The molecule has 1 rings (SSSR count). The van der Waals surface area contributed by atoms with E-state index in [2.05, 4.69) is 11.9 Å². The Morgan fingerprint density at radius 3 is 2.40 bits per heavy atom. The fourth-order valence-electron chi connectivity index (χ4n) is 1.88. The van der Waals surface area contributed by atoms with Crippen LogP contribution in [-0.2, 0) is 4.79 Å². The molecule has 0 amide bonds. The number of benzene rings is 1. The summed E-state index contributed by atoms with van der Waals surface area (Å²) in [5.41, 5.74) is 0.458. The molecule has 2 N–H and O–H groups in total. The van der Waals surface area contributed by atoms with E-state index in [-0.39, 0.29) is 0 Å². The zero-order valence-corrected chi connectivity index (χ0v) is 11.8. The second-order valence-electron chi connectivity index (χ2n) is 3.89. The van der Waals surface area contributed by atoms with Crippen molar-refractivity contribution in [3.05, 3.63) is 30.4 Å². The Morgan fingerprint density at radius 2 is 1.95 bits per heavy atom. The third kappa shape index (κ3) is 3.21. The molecule has 1 unspecified atom stereocenters. The van der Waals surface area contributed by atoms with Crippen molar-refractivity contribution < 1.29 is 24.1 Å². The number of hydrogen-bond donors (Lipinski definition) is 2. The molecule has 1 atom stereocenters. The van der Waals surface area contributed by atoms with Crippen LogP contribution in [0.15, 0.2) is 24.8 Å². The lowest BCUT2D eigenvalue weighted by Gasteiger charge is -2.20. The SMILES string of the molecule is C=CCNC(C(=O)O)c1ccc(OC)c(OC)c1OC. The summed E-state index contributed by atoms with van der Waals surface area (Å²) >= 11 is 0. The molecule has 0 aromatic heterocycles. The van der Waals surface area contributed by atoms with Crippen LogP contribution in [0.3, 0.4) is 0 Å². The maximum absolute atomic E-state index is 11.4. The smallest absolute Gasteiger partial charge is 0.325 e. The molecule has 0 aliphatic carbocycles. The standard InChI is InChI=1S/C14H19NO5/c1-5-8-15-11(14(16)17)9-6-7-10(18-2)13(20-4)12(9)19-3/h5-7,11,15H,1,8H2,2-4H3,(H,16,17). The van der Waals surface area contributed by atoms with Gasteiger partial charge in [-0.2, -0.15) is 0 Å². The summed E-state index contributed by atoms with van der Waals surface area (Å²) in [6, 6.07) is 2.35. The minimum atomic E-state index is -1.02. The second-order valence-corrected chi connectivity index (χ2v) is 3.89. The van der Waals surface area contributed by atoms with Gasteiger partial charge >= 0.3 is 5.97 Å². The van der Waals surface area contributed by atoms with E-state index in [4.69, 9.17) is 14.2 Å². The maximum Gasteiger partial charge on any atom is 0.325 e. The van der Waals surface area contributed by atoms with E-state index in [0.717, 1.165) is 0 Å². The Labute approximate surface area is 118 Å². The zero-order valence-electron chi connectivity index (χ0n) is 11.8. The molecule has 0 radical (unpaired) electrons. The summed E-state index contributed by atoms with van der Waals surface area (Å²) in [6.45, 7) is 3.91. The monoisotopic (exact) mass is 281 g/mol. The van der Waals surface area contributed by atoms with Crippen molar-refractivity contribution in [2.24, 2.45) is 0 Å². The number of rotatable bonds is 8. The molecule has 0 aliphatic heterocycles. The summed E-state index contributed by atoms with van der Waals surface area (Å²) in [7, 11) is 4.42. The van der Waals surface area contributed by atoms with E-state index in [9.17, 15) is 9.90 Å². The van der Waals surface area contributed by atoms with Crippen LogP contribution >= 0.6 is 0 Å². The van der Waals surface area contributed by atoms with E-state index in [1.165, 1.54) is 21.3 Å². The van der Waals surface area contributed by atoms with Crippen molar-refractivity contribution in [3.8, 4) is 17.2 Å². The van der Waals surface area contributed by atoms with Crippen molar-refractivity contribution in [2.45, 2.75) is 6.04 Å². The normalized spacial score (nSPS) is 11.6. The van der Waals surface area contributed by atoms with Gasteiger partial charge in [-0.25, -0.2) is 0 Å². The van der Waals surface area contributed by atoms with Crippen molar-refractivity contribution in [3.63, 3.8) is 0 Å². The lowest BCUT2D eigenvalue weighted by atomic mass is 10.0. The molecular formula is C14H19NO5. The Kier molecular flexibility index (Phi) is 5.86. The molecule has 0 saturated heterocycles. The van der Waals surface area contributed by atoms with E-state index in [1.807, 2.05) is 0 Å². The van der Waals surface area contributed by atoms with Crippen LogP contribution in [0.1, 0.15) is 11.6 Å². The third-order valence-corrected chi connectivity index (χ3v) is 2.76. The molecule has 0 fully saturated rings.